The molecule has 102 valence electrons. The summed E-state index contributed by atoms with van der Waals surface area (Å²) in [6, 6.07) is 5.92. The van der Waals surface area contributed by atoms with Gasteiger partial charge in [-0.15, -0.1) is 11.8 Å². The molecule has 0 aromatic heterocycles. The number of rotatable bonds is 9. The molecular weight excluding hydrogens is 248 g/mol. The average molecular weight is 270 g/mol. The first-order chi connectivity index (χ1) is 8.81. The molecular formula is C14H22O3S. The molecule has 0 aliphatic carbocycles. The molecule has 0 amide bonds. The van der Waals surface area contributed by atoms with Crippen LogP contribution in [0.1, 0.15) is 26.7 Å². The Morgan fingerprint density at radius 1 is 1.11 bits per heavy atom. The van der Waals surface area contributed by atoms with E-state index in [0.29, 0.717) is 13.2 Å². The van der Waals surface area contributed by atoms with Gasteiger partial charge in [-0.2, -0.15) is 0 Å². The summed E-state index contributed by atoms with van der Waals surface area (Å²) in [6.45, 7) is 5.56. The summed E-state index contributed by atoms with van der Waals surface area (Å²) in [5.41, 5.74) is 0. The van der Waals surface area contributed by atoms with E-state index in [1.165, 1.54) is 0 Å². The molecule has 0 atom stereocenters. The molecule has 0 radical (unpaired) electrons. The second-order valence-electron chi connectivity index (χ2n) is 3.75. The van der Waals surface area contributed by atoms with Gasteiger partial charge in [0.05, 0.1) is 18.1 Å². The number of hydrogen-bond acceptors (Lipinski definition) is 4. The van der Waals surface area contributed by atoms with Gasteiger partial charge in [-0.05, 0) is 50.6 Å². The Kier molecular flexibility index (Phi) is 7.69. The van der Waals surface area contributed by atoms with E-state index in [9.17, 15) is 0 Å². The van der Waals surface area contributed by atoms with Crippen molar-refractivity contribution in [3.05, 3.63) is 18.2 Å². The van der Waals surface area contributed by atoms with Crippen molar-refractivity contribution < 1.29 is 14.6 Å². The maximum atomic E-state index is 8.76. The molecule has 1 rings (SSSR count). The highest BCUT2D eigenvalue weighted by molar-refractivity contribution is 7.99. The number of thioether (sulfide) groups is 1. The third-order valence-corrected chi connectivity index (χ3v) is 3.46. The minimum absolute atomic E-state index is 0.262. The lowest BCUT2D eigenvalue weighted by molar-refractivity contribution is 0.287. The Morgan fingerprint density at radius 2 is 1.89 bits per heavy atom. The standard InChI is InChI=1S/C14H22O3S/c1-3-16-12-7-8-13(17-4-2)14(11-12)18-10-6-5-9-15/h7-8,11,15H,3-6,9-10H2,1-2H3. The summed E-state index contributed by atoms with van der Waals surface area (Å²) in [7, 11) is 0. The van der Waals surface area contributed by atoms with Crippen molar-refractivity contribution in [2.75, 3.05) is 25.6 Å². The van der Waals surface area contributed by atoms with E-state index in [2.05, 4.69) is 0 Å². The van der Waals surface area contributed by atoms with E-state index in [4.69, 9.17) is 14.6 Å². The molecule has 0 fully saturated rings. The lowest BCUT2D eigenvalue weighted by Gasteiger charge is -2.12. The molecule has 0 bridgehead atoms. The van der Waals surface area contributed by atoms with Crippen LogP contribution in [0.3, 0.4) is 0 Å². The van der Waals surface area contributed by atoms with Crippen LogP contribution in [0, 0.1) is 0 Å². The molecule has 0 heterocycles. The molecule has 1 aromatic carbocycles. The lowest BCUT2D eigenvalue weighted by atomic mass is 10.3. The predicted octanol–water partition coefficient (Wildman–Crippen LogP) is 3.35. The number of hydrogen-bond donors (Lipinski definition) is 1. The van der Waals surface area contributed by atoms with Crippen molar-refractivity contribution in [3.63, 3.8) is 0 Å². The summed E-state index contributed by atoms with van der Waals surface area (Å²) in [4.78, 5) is 1.11. The van der Waals surface area contributed by atoms with Crippen LogP contribution in [0.25, 0.3) is 0 Å². The maximum absolute atomic E-state index is 8.76. The monoisotopic (exact) mass is 270 g/mol. The third kappa shape index (κ3) is 5.19. The molecule has 18 heavy (non-hydrogen) atoms. The number of aliphatic hydroxyl groups is 1. The summed E-state index contributed by atoms with van der Waals surface area (Å²) < 4.78 is 11.1. The van der Waals surface area contributed by atoms with Gasteiger partial charge in [0.15, 0.2) is 0 Å². The normalized spacial score (nSPS) is 10.4. The van der Waals surface area contributed by atoms with Crippen molar-refractivity contribution in [2.45, 2.75) is 31.6 Å². The SMILES string of the molecule is CCOc1ccc(OCC)c(SCCCCO)c1. The Labute approximate surface area is 113 Å². The quantitative estimate of drug-likeness (QED) is 0.552. The van der Waals surface area contributed by atoms with Crippen LogP contribution >= 0.6 is 11.8 Å². The molecule has 4 heteroatoms. The summed E-state index contributed by atoms with van der Waals surface area (Å²) in [5.74, 6) is 2.77. The van der Waals surface area contributed by atoms with Crippen molar-refractivity contribution in [1.29, 1.82) is 0 Å². The number of aliphatic hydroxyl groups excluding tert-OH is 1. The second kappa shape index (κ2) is 9.11. The Morgan fingerprint density at radius 3 is 2.56 bits per heavy atom. The van der Waals surface area contributed by atoms with Gasteiger partial charge >= 0.3 is 0 Å². The first-order valence-electron chi connectivity index (χ1n) is 6.45. The van der Waals surface area contributed by atoms with Crippen molar-refractivity contribution >= 4 is 11.8 Å². The second-order valence-corrected chi connectivity index (χ2v) is 4.89. The summed E-state index contributed by atoms with van der Waals surface area (Å²) in [6.07, 6.45) is 1.85. The Bertz CT molecular complexity index is 342. The molecule has 0 aliphatic rings. The van der Waals surface area contributed by atoms with E-state index in [-0.39, 0.29) is 6.61 Å². The van der Waals surface area contributed by atoms with Gasteiger partial charge < -0.3 is 14.6 Å². The molecule has 1 aromatic rings. The molecule has 0 aliphatic heterocycles. The van der Waals surface area contributed by atoms with Gasteiger partial charge in [0, 0.05) is 6.61 Å². The van der Waals surface area contributed by atoms with Crippen molar-refractivity contribution in [2.24, 2.45) is 0 Å². The highest BCUT2D eigenvalue weighted by Crippen LogP contribution is 2.33. The highest BCUT2D eigenvalue weighted by atomic mass is 32.2. The van der Waals surface area contributed by atoms with E-state index >= 15 is 0 Å². The van der Waals surface area contributed by atoms with E-state index in [1.807, 2.05) is 32.0 Å². The topological polar surface area (TPSA) is 38.7 Å². The largest absolute Gasteiger partial charge is 0.494 e. The fourth-order valence-electron chi connectivity index (χ4n) is 1.53. The molecule has 3 nitrogen and oxygen atoms in total. The number of ether oxygens (including phenoxy) is 2. The summed E-state index contributed by atoms with van der Waals surface area (Å²) >= 11 is 1.75. The van der Waals surface area contributed by atoms with Gasteiger partial charge in [0.25, 0.3) is 0 Å². The van der Waals surface area contributed by atoms with Crippen LogP contribution in [0.5, 0.6) is 11.5 Å². The van der Waals surface area contributed by atoms with Crippen LogP contribution in [-0.4, -0.2) is 30.7 Å². The minimum Gasteiger partial charge on any atom is -0.494 e. The maximum Gasteiger partial charge on any atom is 0.133 e. The third-order valence-electron chi connectivity index (χ3n) is 2.34. The van der Waals surface area contributed by atoms with Crippen LogP contribution in [-0.2, 0) is 0 Å². The fourth-order valence-corrected chi connectivity index (χ4v) is 2.57. The van der Waals surface area contributed by atoms with Gasteiger partial charge in [0.2, 0.25) is 0 Å². The van der Waals surface area contributed by atoms with E-state index in [0.717, 1.165) is 35.0 Å². The van der Waals surface area contributed by atoms with Gasteiger partial charge in [-0.3, -0.25) is 0 Å². The zero-order valence-corrected chi connectivity index (χ0v) is 12.0. The smallest absolute Gasteiger partial charge is 0.133 e. The van der Waals surface area contributed by atoms with Crippen LogP contribution < -0.4 is 9.47 Å². The van der Waals surface area contributed by atoms with Crippen molar-refractivity contribution in [3.8, 4) is 11.5 Å². The lowest BCUT2D eigenvalue weighted by Crippen LogP contribution is -1.96. The molecule has 1 N–H and O–H groups in total. The molecule has 0 unspecified atom stereocenters. The van der Waals surface area contributed by atoms with Gasteiger partial charge in [0.1, 0.15) is 11.5 Å². The van der Waals surface area contributed by atoms with E-state index in [1.54, 1.807) is 11.8 Å². The molecule has 0 saturated heterocycles. The van der Waals surface area contributed by atoms with Crippen LogP contribution in [0.4, 0.5) is 0 Å². The zero-order valence-electron chi connectivity index (χ0n) is 11.1. The van der Waals surface area contributed by atoms with Gasteiger partial charge in [-0.1, -0.05) is 0 Å². The van der Waals surface area contributed by atoms with E-state index < -0.39 is 0 Å². The van der Waals surface area contributed by atoms with Crippen molar-refractivity contribution in [1.82, 2.24) is 0 Å². The zero-order chi connectivity index (χ0) is 13.2. The highest BCUT2D eigenvalue weighted by Gasteiger charge is 2.06. The average Bonchev–Trinajstić information content (AvgIpc) is 2.38. The Hall–Kier alpha value is -0.870. The molecule has 0 saturated carbocycles. The van der Waals surface area contributed by atoms with Gasteiger partial charge in [-0.25, -0.2) is 0 Å². The number of unbranched alkanes of at least 4 members (excludes halogenated alkanes) is 1. The summed E-state index contributed by atoms with van der Waals surface area (Å²) in [5, 5.41) is 8.76. The first kappa shape index (κ1) is 15.2. The minimum atomic E-state index is 0.262. The fraction of sp³-hybridized carbons (Fsp3) is 0.571. The molecule has 0 spiro atoms. The predicted molar refractivity (Wildman–Crippen MR) is 75.8 cm³/mol. The Balaban J connectivity index is 2.66. The first-order valence-corrected chi connectivity index (χ1v) is 7.43. The van der Waals surface area contributed by atoms with Crippen LogP contribution in [0.15, 0.2) is 23.1 Å². The number of benzene rings is 1. The van der Waals surface area contributed by atoms with Crippen LogP contribution in [0.2, 0.25) is 0 Å².